The summed E-state index contributed by atoms with van der Waals surface area (Å²) in [6.45, 7) is 2.63. The van der Waals surface area contributed by atoms with Gasteiger partial charge in [-0.25, -0.2) is 4.79 Å². The van der Waals surface area contributed by atoms with Crippen molar-refractivity contribution in [2.45, 2.75) is 37.5 Å². The van der Waals surface area contributed by atoms with Crippen LogP contribution in [0, 0.1) is 5.92 Å². The number of fused-ring (bicyclic) bond motifs is 1. The first kappa shape index (κ1) is 16.5. The van der Waals surface area contributed by atoms with Crippen molar-refractivity contribution >= 4 is 11.9 Å². The molecule has 1 saturated carbocycles. The maximum absolute atomic E-state index is 12.5. The topological polar surface area (TPSA) is 67.9 Å². The van der Waals surface area contributed by atoms with Gasteiger partial charge in [-0.1, -0.05) is 6.07 Å². The largest absolute Gasteiger partial charge is 0.465 e. The van der Waals surface area contributed by atoms with Crippen LogP contribution in [0.3, 0.4) is 0 Å². The lowest BCUT2D eigenvalue weighted by Gasteiger charge is -2.35. The zero-order chi connectivity index (χ0) is 17.4. The molecule has 25 heavy (non-hydrogen) atoms. The summed E-state index contributed by atoms with van der Waals surface area (Å²) in [5, 5.41) is 3.11. The molecule has 0 aromatic heterocycles. The minimum Gasteiger partial charge on any atom is -0.465 e. The second-order valence-electron chi connectivity index (χ2n) is 7.30. The minimum atomic E-state index is -0.434. The molecule has 3 aliphatic rings. The monoisotopic (exact) mass is 344 g/mol. The Balaban J connectivity index is 1.36. The Bertz CT molecular complexity index is 673. The van der Waals surface area contributed by atoms with Gasteiger partial charge in [-0.2, -0.15) is 0 Å². The number of esters is 1. The van der Waals surface area contributed by atoms with Crippen LogP contribution in [-0.4, -0.2) is 61.8 Å². The van der Waals surface area contributed by atoms with Crippen molar-refractivity contribution in [2.75, 3.05) is 26.8 Å². The van der Waals surface area contributed by atoms with Gasteiger partial charge in [-0.15, -0.1) is 0 Å². The fourth-order valence-corrected chi connectivity index (χ4v) is 3.93. The van der Waals surface area contributed by atoms with E-state index in [0.29, 0.717) is 23.3 Å². The van der Waals surface area contributed by atoms with E-state index in [1.54, 1.807) is 24.3 Å². The van der Waals surface area contributed by atoms with Gasteiger partial charge in [-0.05, 0) is 43.4 Å². The molecular formula is C19H24N2O4. The number of benzene rings is 1. The van der Waals surface area contributed by atoms with Crippen LogP contribution >= 0.6 is 0 Å². The van der Waals surface area contributed by atoms with Gasteiger partial charge in [-0.3, -0.25) is 9.69 Å². The number of nitrogens with zero attached hydrogens (tertiary/aromatic N) is 1. The summed E-state index contributed by atoms with van der Waals surface area (Å²) >= 11 is 0. The molecule has 3 atom stereocenters. The molecule has 3 fully saturated rings. The summed E-state index contributed by atoms with van der Waals surface area (Å²) in [5.41, 5.74) is 0.875. The predicted molar refractivity (Wildman–Crippen MR) is 91.5 cm³/mol. The summed E-state index contributed by atoms with van der Waals surface area (Å²) in [6, 6.07) is 7.18. The average Bonchev–Trinajstić information content (AvgIpc) is 3.41. The highest BCUT2D eigenvalue weighted by Gasteiger charge is 2.42. The van der Waals surface area contributed by atoms with Crippen molar-refractivity contribution in [2.24, 2.45) is 5.92 Å². The van der Waals surface area contributed by atoms with E-state index in [2.05, 4.69) is 10.2 Å². The van der Waals surface area contributed by atoms with Crippen LogP contribution in [0.25, 0.3) is 0 Å². The first-order valence-electron chi connectivity index (χ1n) is 8.99. The summed E-state index contributed by atoms with van der Waals surface area (Å²) in [7, 11) is 1.33. The lowest BCUT2D eigenvalue weighted by Crippen LogP contribution is -2.47. The third-order valence-corrected chi connectivity index (χ3v) is 5.47. The van der Waals surface area contributed by atoms with Gasteiger partial charge in [0.25, 0.3) is 5.91 Å². The Morgan fingerprint density at radius 2 is 2.04 bits per heavy atom. The van der Waals surface area contributed by atoms with E-state index in [9.17, 15) is 9.59 Å². The van der Waals surface area contributed by atoms with E-state index in [0.717, 1.165) is 32.0 Å². The number of carbonyl (C=O) groups is 2. The average molecular weight is 344 g/mol. The fraction of sp³-hybridized carbons (Fsp3) is 0.579. The van der Waals surface area contributed by atoms with Crippen molar-refractivity contribution < 1.29 is 19.1 Å². The van der Waals surface area contributed by atoms with Gasteiger partial charge in [0.15, 0.2) is 0 Å². The van der Waals surface area contributed by atoms with Crippen LogP contribution in [0.2, 0.25) is 0 Å². The lowest BCUT2D eigenvalue weighted by molar-refractivity contribution is -0.0581. The maximum Gasteiger partial charge on any atom is 0.337 e. The van der Waals surface area contributed by atoms with Gasteiger partial charge >= 0.3 is 5.97 Å². The number of rotatable bonds is 4. The molecule has 1 N–H and O–H groups in total. The second-order valence-corrected chi connectivity index (χ2v) is 7.30. The third kappa shape index (κ3) is 3.55. The highest BCUT2D eigenvalue weighted by atomic mass is 16.5. The Kier molecular flexibility index (Phi) is 4.48. The van der Waals surface area contributed by atoms with Crippen molar-refractivity contribution in [1.82, 2.24) is 10.2 Å². The maximum atomic E-state index is 12.5. The number of nitrogens with one attached hydrogen (secondary N) is 1. The van der Waals surface area contributed by atoms with E-state index in [-0.39, 0.29) is 11.9 Å². The van der Waals surface area contributed by atoms with E-state index in [4.69, 9.17) is 9.47 Å². The van der Waals surface area contributed by atoms with Crippen LogP contribution in [0.5, 0.6) is 0 Å². The van der Waals surface area contributed by atoms with Gasteiger partial charge in [0.05, 0.1) is 25.4 Å². The van der Waals surface area contributed by atoms with Crippen molar-refractivity contribution in [3.8, 4) is 0 Å². The summed E-state index contributed by atoms with van der Waals surface area (Å²) in [5.74, 6) is 0.168. The molecule has 2 heterocycles. The Morgan fingerprint density at radius 3 is 2.80 bits per heavy atom. The quantitative estimate of drug-likeness (QED) is 0.838. The SMILES string of the molecule is COC(=O)c1cccc(C(=O)N[C@@H]2C[C@H]3CO[C@H](C4CC4)CN3C2)c1. The molecule has 0 unspecified atom stereocenters. The third-order valence-electron chi connectivity index (χ3n) is 5.47. The molecule has 2 aliphatic heterocycles. The number of carbonyl (C=O) groups excluding carboxylic acids is 2. The molecule has 134 valence electrons. The normalized spacial score (nSPS) is 29.1. The number of ether oxygens (including phenoxy) is 2. The molecule has 1 aliphatic carbocycles. The number of hydrogen-bond donors (Lipinski definition) is 1. The van der Waals surface area contributed by atoms with Gasteiger partial charge in [0, 0.05) is 30.7 Å². The number of hydrogen-bond acceptors (Lipinski definition) is 5. The highest BCUT2D eigenvalue weighted by molar-refractivity contribution is 5.98. The van der Waals surface area contributed by atoms with Gasteiger partial charge in [0.1, 0.15) is 0 Å². The number of morpholine rings is 1. The Morgan fingerprint density at radius 1 is 1.24 bits per heavy atom. The predicted octanol–water partition coefficient (Wildman–Crippen LogP) is 1.45. The van der Waals surface area contributed by atoms with Gasteiger partial charge in [0.2, 0.25) is 0 Å². The standard InChI is InChI=1S/C19H24N2O4/c1-24-19(23)14-4-2-3-13(7-14)18(22)20-15-8-16-11-25-17(12-5-6-12)10-21(16)9-15/h2-4,7,12,15-17H,5-6,8-11H2,1H3,(H,20,22)/t15-,16+,17+/m1/s1. The zero-order valence-electron chi connectivity index (χ0n) is 14.4. The lowest BCUT2D eigenvalue weighted by atomic mass is 10.1. The zero-order valence-corrected chi connectivity index (χ0v) is 14.4. The molecular weight excluding hydrogens is 320 g/mol. The second kappa shape index (κ2) is 6.77. The van der Waals surface area contributed by atoms with Crippen LogP contribution in [-0.2, 0) is 9.47 Å². The van der Waals surface area contributed by atoms with Crippen molar-refractivity contribution in [3.05, 3.63) is 35.4 Å². The molecule has 1 amide bonds. The van der Waals surface area contributed by atoms with Crippen molar-refractivity contribution in [3.63, 3.8) is 0 Å². The first-order chi connectivity index (χ1) is 12.1. The summed E-state index contributed by atoms with van der Waals surface area (Å²) < 4.78 is 10.7. The van der Waals surface area contributed by atoms with Crippen LogP contribution < -0.4 is 5.32 Å². The molecule has 0 spiro atoms. The number of amides is 1. The molecule has 0 radical (unpaired) electrons. The van der Waals surface area contributed by atoms with E-state index in [1.807, 2.05) is 0 Å². The smallest absolute Gasteiger partial charge is 0.337 e. The van der Waals surface area contributed by atoms with Crippen LogP contribution in [0.4, 0.5) is 0 Å². The van der Waals surface area contributed by atoms with E-state index in [1.165, 1.54) is 20.0 Å². The van der Waals surface area contributed by atoms with Crippen LogP contribution in [0.1, 0.15) is 40.0 Å². The van der Waals surface area contributed by atoms with Gasteiger partial charge < -0.3 is 14.8 Å². The number of methoxy groups -OCH3 is 1. The van der Waals surface area contributed by atoms with E-state index >= 15 is 0 Å². The molecule has 1 aromatic carbocycles. The summed E-state index contributed by atoms with van der Waals surface area (Å²) in [6.07, 6.45) is 3.88. The minimum absolute atomic E-state index is 0.126. The fourth-order valence-electron chi connectivity index (χ4n) is 3.93. The Labute approximate surface area is 147 Å². The van der Waals surface area contributed by atoms with Crippen LogP contribution in [0.15, 0.2) is 24.3 Å². The first-order valence-corrected chi connectivity index (χ1v) is 8.99. The molecule has 2 saturated heterocycles. The molecule has 6 heteroatoms. The molecule has 4 rings (SSSR count). The summed E-state index contributed by atoms with van der Waals surface area (Å²) in [4.78, 5) is 26.6. The van der Waals surface area contributed by atoms with E-state index < -0.39 is 5.97 Å². The molecule has 6 nitrogen and oxygen atoms in total. The van der Waals surface area contributed by atoms with Crippen molar-refractivity contribution in [1.29, 1.82) is 0 Å². The molecule has 1 aromatic rings. The Hall–Kier alpha value is -1.92. The molecule has 0 bridgehead atoms. The highest BCUT2D eigenvalue weighted by Crippen LogP contribution is 2.37.